The molecule has 2 N–H and O–H groups in total. The Hall–Kier alpha value is -0.860. The smallest absolute Gasteiger partial charge is 0.0476 e. The Balaban J connectivity index is 2.26. The van der Waals surface area contributed by atoms with Crippen LogP contribution in [-0.4, -0.2) is 24.0 Å². The fourth-order valence-electron chi connectivity index (χ4n) is 3.32. The zero-order chi connectivity index (χ0) is 13.1. The van der Waals surface area contributed by atoms with Crippen molar-refractivity contribution in [1.29, 1.82) is 0 Å². The summed E-state index contributed by atoms with van der Waals surface area (Å²) in [6, 6.07) is 9.75. The van der Waals surface area contributed by atoms with Crippen LogP contribution in [0.5, 0.6) is 0 Å². The lowest BCUT2D eigenvalue weighted by molar-refractivity contribution is 0.149. The van der Waals surface area contributed by atoms with Crippen LogP contribution >= 0.6 is 0 Å². The van der Waals surface area contributed by atoms with Crippen molar-refractivity contribution in [2.45, 2.75) is 45.7 Å². The first-order valence-electron chi connectivity index (χ1n) is 7.16. The van der Waals surface area contributed by atoms with Crippen molar-refractivity contribution in [3.63, 3.8) is 0 Å². The lowest BCUT2D eigenvalue weighted by Gasteiger charge is -2.35. The number of benzene rings is 1. The molecule has 0 aromatic heterocycles. The van der Waals surface area contributed by atoms with Gasteiger partial charge in [-0.2, -0.15) is 0 Å². The molecule has 1 aliphatic rings. The van der Waals surface area contributed by atoms with E-state index in [9.17, 15) is 0 Å². The predicted octanol–water partition coefficient (Wildman–Crippen LogP) is 3.12. The lowest BCUT2D eigenvalue weighted by atomic mass is 9.96. The molecule has 2 unspecified atom stereocenters. The van der Waals surface area contributed by atoms with E-state index in [0.717, 1.165) is 0 Å². The number of hydrogen-bond acceptors (Lipinski definition) is 2. The summed E-state index contributed by atoms with van der Waals surface area (Å²) in [5.41, 5.74) is 8.85. The normalized spacial score (nSPS) is 22.6. The van der Waals surface area contributed by atoms with Gasteiger partial charge < -0.3 is 5.73 Å². The molecule has 2 rings (SSSR count). The van der Waals surface area contributed by atoms with Gasteiger partial charge in [-0.15, -0.1) is 0 Å². The third-order valence-corrected chi connectivity index (χ3v) is 4.28. The minimum absolute atomic E-state index is 0.390. The minimum Gasteiger partial charge on any atom is -0.329 e. The van der Waals surface area contributed by atoms with Gasteiger partial charge >= 0.3 is 0 Å². The summed E-state index contributed by atoms with van der Waals surface area (Å²) in [4.78, 5) is 2.63. The number of nitrogens with two attached hydrogens (primary N) is 1. The van der Waals surface area contributed by atoms with E-state index >= 15 is 0 Å². The zero-order valence-electron chi connectivity index (χ0n) is 11.9. The van der Waals surface area contributed by atoms with Crippen molar-refractivity contribution in [2.24, 2.45) is 11.7 Å². The molecule has 18 heavy (non-hydrogen) atoms. The largest absolute Gasteiger partial charge is 0.329 e. The van der Waals surface area contributed by atoms with E-state index in [2.05, 4.69) is 49.9 Å². The molecule has 1 heterocycles. The maximum atomic E-state index is 6.07. The summed E-state index contributed by atoms with van der Waals surface area (Å²) in [5.74, 6) is 0.713. The highest BCUT2D eigenvalue weighted by atomic mass is 15.2. The van der Waals surface area contributed by atoms with Crippen LogP contribution in [-0.2, 0) is 0 Å². The molecule has 2 heteroatoms. The first-order chi connectivity index (χ1) is 8.65. The summed E-state index contributed by atoms with van der Waals surface area (Å²) in [6.45, 7) is 8.76. The Morgan fingerprint density at radius 2 is 2.06 bits per heavy atom. The molecule has 0 saturated carbocycles. The van der Waals surface area contributed by atoms with Crippen LogP contribution in [0.15, 0.2) is 24.3 Å². The summed E-state index contributed by atoms with van der Waals surface area (Å²) in [5, 5.41) is 0. The molecule has 0 spiro atoms. The monoisotopic (exact) mass is 246 g/mol. The second kappa shape index (κ2) is 5.85. The van der Waals surface area contributed by atoms with Gasteiger partial charge in [-0.25, -0.2) is 0 Å². The molecule has 2 nitrogen and oxygen atoms in total. The van der Waals surface area contributed by atoms with Gasteiger partial charge in [0.15, 0.2) is 0 Å². The van der Waals surface area contributed by atoms with E-state index < -0.39 is 0 Å². The summed E-state index contributed by atoms with van der Waals surface area (Å²) in [6.07, 6.45) is 2.63. The van der Waals surface area contributed by atoms with Gasteiger partial charge in [0.1, 0.15) is 0 Å². The van der Waals surface area contributed by atoms with Crippen LogP contribution in [0.3, 0.4) is 0 Å². The molecule has 1 fully saturated rings. The molecule has 1 aromatic rings. The molecule has 0 aliphatic carbocycles. The second-order valence-corrected chi connectivity index (χ2v) is 5.80. The Kier molecular flexibility index (Phi) is 4.41. The summed E-state index contributed by atoms with van der Waals surface area (Å²) in [7, 11) is 0. The molecule has 2 atom stereocenters. The van der Waals surface area contributed by atoms with E-state index in [1.165, 1.54) is 30.5 Å². The Morgan fingerprint density at radius 3 is 2.67 bits per heavy atom. The van der Waals surface area contributed by atoms with E-state index in [-0.39, 0.29) is 0 Å². The van der Waals surface area contributed by atoms with Gasteiger partial charge in [0, 0.05) is 18.6 Å². The van der Waals surface area contributed by atoms with Gasteiger partial charge in [0.25, 0.3) is 0 Å². The predicted molar refractivity (Wildman–Crippen MR) is 77.5 cm³/mol. The van der Waals surface area contributed by atoms with E-state index in [1.54, 1.807) is 0 Å². The van der Waals surface area contributed by atoms with Gasteiger partial charge in [0.05, 0.1) is 0 Å². The van der Waals surface area contributed by atoms with Gasteiger partial charge in [-0.3, -0.25) is 4.90 Å². The van der Waals surface area contributed by atoms with E-state index in [1.807, 2.05) is 0 Å². The van der Waals surface area contributed by atoms with Crippen molar-refractivity contribution in [1.82, 2.24) is 4.90 Å². The molecular weight excluding hydrogens is 220 g/mol. The number of rotatable bonds is 4. The van der Waals surface area contributed by atoms with Crippen molar-refractivity contribution < 1.29 is 0 Å². The average molecular weight is 246 g/mol. The van der Waals surface area contributed by atoms with Crippen molar-refractivity contribution in [3.8, 4) is 0 Å². The van der Waals surface area contributed by atoms with E-state index in [0.29, 0.717) is 24.5 Å². The summed E-state index contributed by atoms with van der Waals surface area (Å²) >= 11 is 0. The van der Waals surface area contributed by atoms with Gasteiger partial charge in [0.2, 0.25) is 0 Å². The van der Waals surface area contributed by atoms with Gasteiger partial charge in [-0.05, 0) is 43.4 Å². The molecule has 0 radical (unpaired) electrons. The van der Waals surface area contributed by atoms with Crippen molar-refractivity contribution in [2.75, 3.05) is 13.1 Å². The number of hydrogen-bond donors (Lipinski definition) is 1. The van der Waals surface area contributed by atoms with E-state index in [4.69, 9.17) is 5.73 Å². The SMILES string of the molecule is Cc1ccccc1C(CN)N1CCCC1C(C)C. The maximum absolute atomic E-state index is 6.07. The number of nitrogens with zero attached hydrogens (tertiary/aromatic N) is 1. The molecular formula is C16H26N2. The van der Waals surface area contributed by atoms with Gasteiger partial charge in [-0.1, -0.05) is 38.1 Å². The molecule has 1 saturated heterocycles. The summed E-state index contributed by atoms with van der Waals surface area (Å²) < 4.78 is 0. The highest BCUT2D eigenvalue weighted by Crippen LogP contribution is 2.33. The highest BCUT2D eigenvalue weighted by molar-refractivity contribution is 5.29. The Bertz CT molecular complexity index is 386. The van der Waals surface area contributed by atoms with Crippen LogP contribution in [0.25, 0.3) is 0 Å². The molecule has 1 aromatic carbocycles. The van der Waals surface area contributed by atoms with Crippen LogP contribution in [0.1, 0.15) is 43.9 Å². The Labute approximate surface area is 111 Å². The first-order valence-corrected chi connectivity index (χ1v) is 7.16. The number of aryl methyl sites for hydroxylation is 1. The number of likely N-dealkylation sites (tertiary alicyclic amines) is 1. The maximum Gasteiger partial charge on any atom is 0.0476 e. The zero-order valence-corrected chi connectivity index (χ0v) is 11.9. The fraction of sp³-hybridized carbons (Fsp3) is 0.625. The standard InChI is InChI=1S/C16H26N2/c1-12(2)15-9-6-10-18(15)16(11-17)14-8-5-4-7-13(14)3/h4-5,7-8,12,15-16H,6,9-11,17H2,1-3H3. The lowest BCUT2D eigenvalue weighted by Crippen LogP contribution is -2.40. The van der Waals surface area contributed by atoms with Crippen LogP contribution in [0.4, 0.5) is 0 Å². The third kappa shape index (κ3) is 2.60. The molecule has 0 bridgehead atoms. The van der Waals surface area contributed by atoms with Crippen LogP contribution in [0.2, 0.25) is 0 Å². The second-order valence-electron chi connectivity index (χ2n) is 5.80. The van der Waals surface area contributed by atoms with Crippen molar-refractivity contribution >= 4 is 0 Å². The molecule has 0 amide bonds. The fourth-order valence-corrected chi connectivity index (χ4v) is 3.32. The van der Waals surface area contributed by atoms with Crippen LogP contribution in [0, 0.1) is 12.8 Å². The average Bonchev–Trinajstić information content (AvgIpc) is 2.82. The highest BCUT2D eigenvalue weighted by Gasteiger charge is 2.32. The minimum atomic E-state index is 0.390. The Morgan fingerprint density at radius 1 is 1.33 bits per heavy atom. The molecule has 1 aliphatic heterocycles. The quantitative estimate of drug-likeness (QED) is 0.884. The molecule has 100 valence electrons. The first kappa shape index (κ1) is 13.6. The third-order valence-electron chi connectivity index (χ3n) is 4.28. The van der Waals surface area contributed by atoms with Crippen molar-refractivity contribution in [3.05, 3.63) is 35.4 Å². The topological polar surface area (TPSA) is 29.3 Å². The van der Waals surface area contributed by atoms with Crippen LogP contribution < -0.4 is 5.73 Å².